The SMILES string of the molecule is CCOC(C(CSSCC(c1nc2ccccc2s1)C(OCC)[Si](C)C)c1nc2ccccc2s1)[Si](C)C. The quantitative estimate of drug-likeness (QED) is 0.0756. The first kappa shape index (κ1) is 30.2. The number of para-hydroxylation sites is 2. The molecule has 0 fully saturated rings. The smallest absolute Gasteiger partial charge is 0.100 e. The molecule has 2 aromatic carbocycles. The Morgan fingerprint density at radius 2 is 1.08 bits per heavy atom. The second kappa shape index (κ2) is 14.8. The lowest BCUT2D eigenvalue weighted by atomic mass is 10.2. The van der Waals surface area contributed by atoms with Crippen LogP contribution in [0.4, 0.5) is 0 Å². The average molecular weight is 619 g/mol. The molecular weight excluding hydrogens is 581 g/mol. The standard InChI is InChI=1S/C28H38N2O2S4Si2/c1-7-31-27(37(3)4)19(25-29-21-13-9-11-15-23(21)35-25)17-33-34-18-20(28(32-8-2)38(5)6)26-30-22-14-10-12-16-24(22)36-26/h9-16,19-20,27-28H,7-8,17-18H2,1-6H3. The molecule has 0 saturated heterocycles. The van der Waals surface area contributed by atoms with Gasteiger partial charge in [-0.05, 0) is 38.1 Å². The van der Waals surface area contributed by atoms with E-state index in [2.05, 4.69) is 88.6 Å². The van der Waals surface area contributed by atoms with Gasteiger partial charge in [0, 0.05) is 36.6 Å². The summed E-state index contributed by atoms with van der Waals surface area (Å²) in [4.78, 5) is 10.1. The summed E-state index contributed by atoms with van der Waals surface area (Å²) in [5.74, 6) is 2.59. The monoisotopic (exact) mass is 618 g/mol. The van der Waals surface area contributed by atoms with Crippen LogP contribution >= 0.6 is 44.3 Å². The zero-order chi connectivity index (χ0) is 27.1. The molecule has 0 aliphatic heterocycles. The number of nitrogens with zero attached hydrogens (tertiary/aromatic N) is 2. The van der Waals surface area contributed by atoms with E-state index in [1.54, 1.807) is 0 Å². The molecule has 10 heteroatoms. The number of fused-ring (bicyclic) bond motifs is 2. The number of ether oxygens (including phenoxy) is 2. The fourth-order valence-corrected chi connectivity index (χ4v) is 13.4. The van der Waals surface area contributed by atoms with Gasteiger partial charge in [-0.2, -0.15) is 0 Å². The Labute approximate surface area is 247 Å². The van der Waals surface area contributed by atoms with E-state index in [1.807, 2.05) is 44.3 Å². The number of aromatic nitrogens is 2. The lowest BCUT2D eigenvalue weighted by molar-refractivity contribution is 0.0996. The molecule has 0 N–H and O–H groups in total. The van der Waals surface area contributed by atoms with Crippen molar-refractivity contribution in [3.63, 3.8) is 0 Å². The Morgan fingerprint density at radius 1 is 0.684 bits per heavy atom. The van der Waals surface area contributed by atoms with Crippen LogP contribution in [-0.4, -0.2) is 63.7 Å². The van der Waals surface area contributed by atoms with Crippen molar-refractivity contribution >= 4 is 82.3 Å². The minimum atomic E-state index is -0.662. The molecule has 2 heterocycles. The second-order valence-corrected chi connectivity index (χ2v) is 19.9. The molecule has 204 valence electrons. The van der Waals surface area contributed by atoms with Crippen molar-refractivity contribution in [2.45, 2.75) is 63.3 Å². The maximum Gasteiger partial charge on any atom is 0.100 e. The molecule has 0 bridgehead atoms. The van der Waals surface area contributed by atoms with E-state index >= 15 is 0 Å². The third-order valence-electron chi connectivity index (χ3n) is 6.40. The molecule has 4 nitrogen and oxygen atoms in total. The molecule has 2 aromatic heterocycles. The maximum absolute atomic E-state index is 6.36. The lowest BCUT2D eigenvalue weighted by Gasteiger charge is -2.29. The molecule has 4 aromatic rings. The Hall–Kier alpha value is -0.726. The fourth-order valence-electron chi connectivity index (χ4n) is 4.65. The summed E-state index contributed by atoms with van der Waals surface area (Å²) in [6, 6.07) is 17.0. The molecule has 2 radical (unpaired) electrons. The van der Waals surface area contributed by atoms with Gasteiger partial charge in [-0.25, -0.2) is 9.97 Å². The molecule has 0 saturated carbocycles. The minimum absolute atomic E-state index is 0.246. The molecular formula is C28H38N2O2S4Si2. The van der Waals surface area contributed by atoms with E-state index in [-0.39, 0.29) is 11.5 Å². The van der Waals surface area contributed by atoms with Crippen LogP contribution in [0.3, 0.4) is 0 Å². The number of thiazole rings is 2. The molecule has 0 spiro atoms. The Bertz CT molecular complexity index is 1120. The summed E-state index contributed by atoms with van der Waals surface area (Å²) in [6.07, 6.45) is 0. The predicted octanol–water partition coefficient (Wildman–Crippen LogP) is 8.55. The van der Waals surface area contributed by atoms with Gasteiger partial charge in [-0.15, -0.1) is 22.7 Å². The fraction of sp³-hybridized carbons (Fsp3) is 0.500. The van der Waals surface area contributed by atoms with Gasteiger partial charge in [0.15, 0.2) is 0 Å². The van der Waals surface area contributed by atoms with E-state index in [9.17, 15) is 0 Å². The summed E-state index contributed by atoms with van der Waals surface area (Å²) in [7, 11) is 2.61. The van der Waals surface area contributed by atoms with Crippen molar-refractivity contribution in [2.24, 2.45) is 0 Å². The number of hydrogen-bond acceptors (Lipinski definition) is 8. The second-order valence-electron chi connectivity index (χ2n) is 9.73. The van der Waals surface area contributed by atoms with E-state index in [0.29, 0.717) is 11.8 Å². The van der Waals surface area contributed by atoms with Gasteiger partial charge in [0.05, 0.1) is 49.5 Å². The summed E-state index contributed by atoms with van der Waals surface area (Å²) in [5, 5.41) is 2.43. The van der Waals surface area contributed by atoms with Crippen molar-refractivity contribution in [2.75, 3.05) is 24.7 Å². The molecule has 4 rings (SSSR count). The Kier molecular flexibility index (Phi) is 11.8. The van der Waals surface area contributed by atoms with Crippen LogP contribution < -0.4 is 0 Å². The van der Waals surface area contributed by atoms with Gasteiger partial charge in [0.1, 0.15) is 10.0 Å². The number of rotatable bonds is 15. The maximum atomic E-state index is 6.36. The number of hydrogen-bond donors (Lipinski definition) is 0. The van der Waals surface area contributed by atoms with Gasteiger partial charge in [-0.1, -0.05) is 72.0 Å². The molecule has 4 atom stereocenters. The Balaban J connectivity index is 1.52. The first-order valence-electron chi connectivity index (χ1n) is 13.2. The van der Waals surface area contributed by atoms with E-state index in [1.165, 1.54) is 19.4 Å². The van der Waals surface area contributed by atoms with Crippen LogP contribution in [0.1, 0.15) is 35.7 Å². The van der Waals surface area contributed by atoms with Crippen molar-refractivity contribution < 1.29 is 9.47 Å². The van der Waals surface area contributed by atoms with Crippen molar-refractivity contribution in [3.8, 4) is 0 Å². The van der Waals surface area contributed by atoms with E-state index < -0.39 is 17.6 Å². The van der Waals surface area contributed by atoms with Crippen molar-refractivity contribution in [1.82, 2.24) is 9.97 Å². The predicted molar refractivity (Wildman–Crippen MR) is 175 cm³/mol. The van der Waals surface area contributed by atoms with Crippen LogP contribution in [0.5, 0.6) is 0 Å². The van der Waals surface area contributed by atoms with Gasteiger partial charge in [0.2, 0.25) is 0 Å². The third-order valence-corrected chi connectivity index (χ3v) is 14.6. The van der Waals surface area contributed by atoms with E-state index in [4.69, 9.17) is 19.4 Å². The summed E-state index contributed by atoms with van der Waals surface area (Å²) in [6.45, 7) is 15.2. The lowest BCUT2D eigenvalue weighted by Crippen LogP contribution is -2.36. The van der Waals surface area contributed by atoms with Crippen LogP contribution in [0.15, 0.2) is 48.5 Å². The van der Waals surface area contributed by atoms with Crippen molar-refractivity contribution in [1.29, 1.82) is 0 Å². The first-order chi connectivity index (χ1) is 18.4. The summed E-state index contributed by atoms with van der Waals surface area (Å²) in [5.41, 5.74) is 2.69. The highest BCUT2D eigenvalue weighted by atomic mass is 33.1. The van der Waals surface area contributed by atoms with Gasteiger partial charge in [-0.3, -0.25) is 0 Å². The van der Waals surface area contributed by atoms with Crippen LogP contribution in [0.2, 0.25) is 26.2 Å². The molecule has 4 unspecified atom stereocenters. The largest absolute Gasteiger partial charge is 0.381 e. The third kappa shape index (κ3) is 7.51. The van der Waals surface area contributed by atoms with Crippen LogP contribution in [-0.2, 0) is 9.47 Å². The van der Waals surface area contributed by atoms with Crippen LogP contribution in [0, 0.1) is 0 Å². The molecule has 0 amide bonds. The van der Waals surface area contributed by atoms with Gasteiger partial charge >= 0.3 is 0 Å². The van der Waals surface area contributed by atoms with Crippen molar-refractivity contribution in [3.05, 3.63) is 58.5 Å². The first-order valence-corrected chi connectivity index (χ1v) is 22.5. The van der Waals surface area contributed by atoms with Crippen LogP contribution in [0.25, 0.3) is 20.4 Å². The normalized spacial score (nSPS) is 15.5. The minimum Gasteiger partial charge on any atom is -0.381 e. The zero-order valence-electron chi connectivity index (χ0n) is 23.1. The average Bonchev–Trinajstić information content (AvgIpc) is 3.53. The highest BCUT2D eigenvalue weighted by molar-refractivity contribution is 8.76. The Morgan fingerprint density at radius 3 is 1.42 bits per heavy atom. The van der Waals surface area contributed by atoms with E-state index in [0.717, 1.165) is 35.8 Å². The topological polar surface area (TPSA) is 44.2 Å². The van der Waals surface area contributed by atoms with Gasteiger partial charge in [0.25, 0.3) is 0 Å². The summed E-state index contributed by atoms with van der Waals surface area (Å²) < 4.78 is 15.3. The highest BCUT2D eigenvalue weighted by Crippen LogP contribution is 2.40. The highest BCUT2D eigenvalue weighted by Gasteiger charge is 2.32. The van der Waals surface area contributed by atoms with Gasteiger partial charge < -0.3 is 9.47 Å². The molecule has 0 aliphatic carbocycles. The summed E-state index contributed by atoms with van der Waals surface area (Å²) >= 11 is 3.67. The molecule has 0 aliphatic rings. The zero-order valence-corrected chi connectivity index (χ0v) is 28.4. The number of benzene rings is 2. The molecule has 38 heavy (non-hydrogen) atoms.